The van der Waals surface area contributed by atoms with Crippen LogP contribution in [0, 0.1) is 18.7 Å². The Morgan fingerprint density at radius 3 is 2.48 bits per heavy atom. The van der Waals surface area contributed by atoms with Crippen molar-refractivity contribution < 1.29 is 22.7 Å². The van der Waals surface area contributed by atoms with Crippen LogP contribution in [0.25, 0.3) is 0 Å². The summed E-state index contributed by atoms with van der Waals surface area (Å²) in [7, 11) is -3.90. The van der Waals surface area contributed by atoms with Crippen LogP contribution in [0.1, 0.15) is 29.8 Å². The quantitative estimate of drug-likeness (QED) is 0.673. The van der Waals surface area contributed by atoms with Gasteiger partial charge in [0.05, 0.1) is 11.5 Å². The highest BCUT2D eigenvalue weighted by molar-refractivity contribution is 7.89. The zero-order chi connectivity index (χ0) is 20.2. The van der Waals surface area contributed by atoms with Gasteiger partial charge >= 0.3 is 0 Å². The number of sulfonamides is 1. The molecular weight excluding hydrogens is 371 g/mol. The third kappa shape index (κ3) is 5.35. The van der Waals surface area contributed by atoms with E-state index in [0.29, 0.717) is 11.3 Å². The number of carbonyl (C=O) groups excluding carboxylic acids is 1. The predicted molar refractivity (Wildman–Crippen MR) is 102 cm³/mol. The van der Waals surface area contributed by atoms with Crippen LogP contribution < -0.4 is 10.0 Å². The Balaban J connectivity index is 2.23. The lowest BCUT2D eigenvalue weighted by atomic mass is 10.1. The maximum absolute atomic E-state index is 13.3. The average molecular weight is 394 g/mol. The zero-order valence-electron chi connectivity index (χ0n) is 15.4. The number of hydrogen-bond donors (Lipinski definition) is 3. The van der Waals surface area contributed by atoms with Gasteiger partial charge in [-0.15, -0.1) is 0 Å². The van der Waals surface area contributed by atoms with Gasteiger partial charge in [0.1, 0.15) is 5.82 Å². The predicted octanol–water partition coefficient (Wildman–Crippen LogP) is 2.68. The standard InChI is InChI=1S/C19H23FN2O4S/c1-12(2)18(11-23)22-27(25,26)16-6-4-5-14(10-16)19(24)21-15-7-8-17(20)13(3)9-15/h4-10,12,18,22-23H,11H2,1-3H3,(H,21,24). The number of aliphatic hydroxyl groups excluding tert-OH is 1. The van der Waals surface area contributed by atoms with E-state index >= 15 is 0 Å². The molecule has 0 saturated carbocycles. The smallest absolute Gasteiger partial charge is 0.255 e. The minimum Gasteiger partial charge on any atom is -0.395 e. The van der Waals surface area contributed by atoms with E-state index in [-0.39, 0.29) is 28.8 Å². The van der Waals surface area contributed by atoms with Crippen molar-refractivity contribution in [3.05, 3.63) is 59.4 Å². The molecule has 6 nitrogen and oxygen atoms in total. The van der Waals surface area contributed by atoms with Crippen molar-refractivity contribution in [1.29, 1.82) is 0 Å². The van der Waals surface area contributed by atoms with Gasteiger partial charge in [-0.3, -0.25) is 4.79 Å². The van der Waals surface area contributed by atoms with Crippen molar-refractivity contribution in [3.63, 3.8) is 0 Å². The number of anilines is 1. The molecule has 0 fully saturated rings. The third-order valence-electron chi connectivity index (χ3n) is 4.13. The van der Waals surface area contributed by atoms with Crippen molar-refractivity contribution in [1.82, 2.24) is 4.72 Å². The summed E-state index contributed by atoms with van der Waals surface area (Å²) in [4.78, 5) is 12.3. The molecule has 0 heterocycles. The maximum Gasteiger partial charge on any atom is 0.255 e. The van der Waals surface area contributed by atoms with Crippen LogP contribution in [0.4, 0.5) is 10.1 Å². The molecule has 2 aromatic carbocycles. The fourth-order valence-corrected chi connectivity index (χ4v) is 3.80. The molecular formula is C19H23FN2O4S. The first kappa shape index (κ1) is 21.0. The van der Waals surface area contributed by atoms with Gasteiger partial charge in [-0.25, -0.2) is 17.5 Å². The number of halogens is 1. The Morgan fingerprint density at radius 2 is 1.89 bits per heavy atom. The van der Waals surface area contributed by atoms with Crippen molar-refractivity contribution in [2.75, 3.05) is 11.9 Å². The second-order valence-electron chi connectivity index (χ2n) is 6.60. The molecule has 0 bridgehead atoms. The molecule has 0 saturated heterocycles. The molecule has 1 unspecified atom stereocenters. The van der Waals surface area contributed by atoms with Crippen LogP contribution in [0.2, 0.25) is 0 Å². The lowest BCUT2D eigenvalue weighted by Gasteiger charge is -2.20. The number of amides is 1. The van der Waals surface area contributed by atoms with Gasteiger partial charge in [0.2, 0.25) is 10.0 Å². The lowest BCUT2D eigenvalue weighted by molar-refractivity contribution is 0.102. The molecule has 3 N–H and O–H groups in total. The Morgan fingerprint density at radius 1 is 1.19 bits per heavy atom. The molecule has 146 valence electrons. The highest BCUT2D eigenvalue weighted by Gasteiger charge is 2.22. The zero-order valence-corrected chi connectivity index (χ0v) is 16.2. The summed E-state index contributed by atoms with van der Waals surface area (Å²) in [5, 5.41) is 12.0. The Hall–Kier alpha value is -2.29. The molecule has 2 rings (SSSR count). The summed E-state index contributed by atoms with van der Waals surface area (Å²) in [6, 6.07) is 9.10. The first-order valence-electron chi connectivity index (χ1n) is 8.45. The minimum atomic E-state index is -3.90. The van der Waals surface area contributed by atoms with Gasteiger partial charge in [-0.2, -0.15) is 0 Å². The van der Waals surface area contributed by atoms with Gasteiger partial charge in [-0.1, -0.05) is 19.9 Å². The number of hydrogen-bond acceptors (Lipinski definition) is 4. The second-order valence-corrected chi connectivity index (χ2v) is 8.31. The fourth-order valence-electron chi connectivity index (χ4n) is 2.38. The number of benzene rings is 2. The molecule has 0 spiro atoms. The largest absolute Gasteiger partial charge is 0.395 e. The Labute approximate surface area is 158 Å². The molecule has 1 atom stereocenters. The fraction of sp³-hybridized carbons (Fsp3) is 0.316. The Kier molecular flexibility index (Phi) is 6.69. The van der Waals surface area contributed by atoms with Gasteiger partial charge < -0.3 is 10.4 Å². The number of aryl methyl sites for hydroxylation is 1. The first-order valence-corrected chi connectivity index (χ1v) is 9.93. The first-order chi connectivity index (χ1) is 12.6. The van der Waals surface area contributed by atoms with Gasteiger partial charge in [0.15, 0.2) is 0 Å². The van der Waals surface area contributed by atoms with E-state index < -0.39 is 22.0 Å². The number of carbonyl (C=O) groups is 1. The molecule has 27 heavy (non-hydrogen) atoms. The van der Waals surface area contributed by atoms with E-state index in [1.54, 1.807) is 20.8 Å². The summed E-state index contributed by atoms with van der Waals surface area (Å²) in [6.07, 6.45) is 0. The van der Waals surface area contributed by atoms with Crippen LogP contribution in [0.15, 0.2) is 47.4 Å². The minimum absolute atomic E-state index is 0.0791. The van der Waals surface area contributed by atoms with Gasteiger partial charge in [-0.05, 0) is 54.8 Å². The normalized spacial score (nSPS) is 12.8. The van der Waals surface area contributed by atoms with Gasteiger partial charge in [0, 0.05) is 17.3 Å². The van der Waals surface area contributed by atoms with E-state index in [0.717, 1.165) is 0 Å². The molecule has 0 aliphatic rings. The molecule has 0 aliphatic heterocycles. The SMILES string of the molecule is Cc1cc(NC(=O)c2cccc(S(=O)(=O)NC(CO)C(C)C)c2)ccc1F. The van der Waals surface area contributed by atoms with E-state index in [1.807, 2.05) is 0 Å². The molecule has 1 amide bonds. The van der Waals surface area contributed by atoms with E-state index in [2.05, 4.69) is 10.0 Å². The summed E-state index contributed by atoms with van der Waals surface area (Å²) in [5.74, 6) is -0.991. The van der Waals surface area contributed by atoms with Crippen LogP contribution in [0.3, 0.4) is 0 Å². The van der Waals surface area contributed by atoms with Crippen molar-refractivity contribution in [2.24, 2.45) is 5.92 Å². The average Bonchev–Trinajstić information content (AvgIpc) is 2.62. The second kappa shape index (κ2) is 8.60. The number of rotatable bonds is 7. The van der Waals surface area contributed by atoms with Crippen molar-refractivity contribution in [3.8, 4) is 0 Å². The number of aliphatic hydroxyl groups is 1. The third-order valence-corrected chi connectivity index (χ3v) is 5.62. The number of nitrogens with one attached hydrogen (secondary N) is 2. The van der Waals surface area contributed by atoms with E-state index in [9.17, 15) is 22.7 Å². The van der Waals surface area contributed by atoms with Crippen LogP contribution in [-0.4, -0.2) is 32.1 Å². The Bertz CT molecular complexity index is 929. The lowest BCUT2D eigenvalue weighted by Crippen LogP contribution is -2.41. The summed E-state index contributed by atoms with van der Waals surface area (Å²) in [6.45, 7) is 4.83. The van der Waals surface area contributed by atoms with Crippen LogP contribution in [0.5, 0.6) is 0 Å². The monoisotopic (exact) mass is 394 g/mol. The topological polar surface area (TPSA) is 95.5 Å². The summed E-state index contributed by atoms with van der Waals surface area (Å²) in [5.41, 5.74) is 0.937. The maximum atomic E-state index is 13.3. The highest BCUT2D eigenvalue weighted by atomic mass is 32.2. The van der Waals surface area contributed by atoms with Crippen LogP contribution >= 0.6 is 0 Å². The molecule has 0 aliphatic carbocycles. The summed E-state index contributed by atoms with van der Waals surface area (Å²) >= 11 is 0. The highest BCUT2D eigenvalue weighted by Crippen LogP contribution is 2.17. The molecule has 0 aromatic heterocycles. The molecule has 0 radical (unpaired) electrons. The summed E-state index contributed by atoms with van der Waals surface area (Å²) < 4.78 is 40.8. The van der Waals surface area contributed by atoms with E-state index in [1.165, 1.54) is 42.5 Å². The van der Waals surface area contributed by atoms with Crippen molar-refractivity contribution in [2.45, 2.75) is 31.7 Å². The van der Waals surface area contributed by atoms with E-state index in [4.69, 9.17) is 0 Å². The van der Waals surface area contributed by atoms with Crippen molar-refractivity contribution >= 4 is 21.6 Å². The van der Waals surface area contributed by atoms with Crippen LogP contribution in [-0.2, 0) is 10.0 Å². The molecule has 2 aromatic rings. The molecule has 8 heteroatoms. The van der Waals surface area contributed by atoms with Gasteiger partial charge in [0.25, 0.3) is 5.91 Å².